The summed E-state index contributed by atoms with van der Waals surface area (Å²) in [4.78, 5) is 26.3. The van der Waals surface area contributed by atoms with Crippen molar-refractivity contribution in [1.82, 2.24) is 5.32 Å². The molecule has 0 aromatic heterocycles. The van der Waals surface area contributed by atoms with Crippen molar-refractivity contribution in [3.63, 3.8) is 0 Å². The van der Waals surface area contributed by atoms with Crippen molar-refractivity contribution in [3.8, 4) is 11.5 Å². The van der Waals surface area contributed by atoms with Gasteiger partial charge in [0.15, 0.2) is 17.3 Å². The molecule has 0 saturated carbocycles. The molecular formula is C24H29NO6. The lowest BCUT2D eigenvalue weighted by Crippen LogP contribution is -2.35. The first kappa shape index (κ1) is 21.4. The first-order valence-corrected chi connectivity index (χ1v) is 10.8. The van der Waals surface area contributed by atoms with Gasteiger partial charge in [0.1, 0.15) is 6.61 Å². The number of benzene rings is 1. The van der Waals surface area contributed by atoms with Gasteiger partial charge in [-0.1, -0.05) is 12.1 Å². The Balaban J connectivity index is 1.77. The Hall–Kier alpha value is -2.80. The number of carbonyl (C=O) groups is 2. The lowest BCUT2D eigenvalue weighted by molar-refractivity contribution is -0.142. The smallest absolute Gasteiger partial charge is 0.336 e. The summed E-state index contributed by atoms with van der Waals surface area (Å²) >= 11 is 0. The summed E-state index contributed by atoms with van der Waals surface area (Å²) in [6, 6.07) is 5.52. The third kappa shape index (κ3) is 4.06. The van der Waals surface area contributed by atoms with Crippen LogP contribution in [0.3, 0.4) is 0 Å². The minimum Gasteiger partial charge on any atom is -0.493 e. The number of para-hydroxylation sites is 1. The first-order valence-electron chi connectivity index (χ1n) is 10.8. The lowest BCUT2D eigenvalue weighted by atomic mass is 9.75. The van der Waals surface area contributed by atoms with Crippen LogP contribution in [0.15, 0.2) is 40.7 Å². The zero-order valence-corrected chi connectivity index (χ0v) is 18.3. The predicted octanol–water partition coefficient (Wildman–Crippen LogP) is 3.39. The second-order valence-electron chi connectivity index (χ2n) is 8.08. The van der Waals surface area contributed by atoms with Crippen LogP contribution in [0.25, 0.3) is 0 Å². The number of rotatable bonds is 6. The monoisotopic (exact) mass is 427 g/mol. The largest absolute Gasteiger partial charge is 0.493 e. The molecule has 1 aromatic rings. The fraction of sp³-hybridized carbons (Fsp3) is 0.500. The number of Topliss-reactive ketones (excluding diaryl/α,β-unsaturated/α-hetero) is 1. The quantitative estimate of drug-likeness (QED) is 0.697. The van der Waals surface area contributed by atoms with E-state index < -0.39 is 11.9 Å². The van der Waals surface area contributed by atoms with E-state index in [1.165, 1.54) is 0 Å². The van der Waals surface area contributed by atoms with Crippen molar-refractivity contribution >= 4 is 11.8 Å². The molecule has 7 nitrogen and oxygen atoms in total. The highest BCUT2D eigenvalue weighted by Gasteiger charge is 2.41. The molecule has 1 aliphatic carbocycles. The zero-order valence-electron chi connectivity index (χ0n) is 18.3. The summed E-state index contributed by atoms with van der Waals surface area (Å²) in [5, 5.41) is 3.31. The molecule has 0 spiro atoms. The standard InChI is InChI=1S/C24H29NO6/c1-14-20(24(27)31-13-15-7-6-12-30-15)21(22-17(25-14)9-5-10-18(22)26)16-8-4-11-19(28-2)23(16)29-3/h4,8,11,15,21,25H,5-7,9-10,12-13H2,1-3H3/t15-,21-/m0/s1. The minimum absolute atomic E-state index is 0.0422. The van der Waals surface area contributed by atoms with E-state index in [4.69, 9.17) is 18.9 Å². The maximum atomic E-state index is 13.3. The van der Waals surface area contributed by atoms with Crippen LogP contribution in [0, 0.1) is 0 Å². The van der Waals surface area contributed by atoms with Gasteiger partial charge < -0.3 is 24.3 Å². The van der Waals surface area contributed by atoms with Gasteiger partial charge in [-0.25, -0.2) is 4.79 Å². The van der Waals surface area contributed by atoms with Gasteiger partial charge in [0.05, 0.1) is 31.8 Å². The Morgan fingerprint density at radius 1 is 1.19 bits per heavy atom. The molecule has 1 aromatic carbocycles. The van der Waals surface area contributed by atoms with Crippen LogP contribution in [0.2, 0.25) is 0 Å². The van der Waals surface area contributed by atoms with E-state index in [9.17, 15) is 9.59 Å². The topological polar surface area (TPSA) is 83.1 Å². The maximum absolute atomic E-state index is 13.3. The first-order chi connectivity index (χ1) is 15.0. The normalized spacial score (nSPS) is 23.4. The molecule has 3 aliphatic rings. The van der Waals surface area contributed by atoms with Crippen molar-refractivity contribution in [2.45, 2.75) is 51.0 Å². The Morgan fingerprint density at radius 3 is 2.74 bits per heavy atom. The molecule has 7 heteroatoms. The molecule has 0 unspecified atom stereocenters. The van der Waals surface area contributed by atoms with Gasteiger partial charge in [-0.05, 0) is 38.7 Å². The molecule has 2 heterocycles. The van der Waals surface area contributed by atoms with Crippen LogP contribution in [0.5, 0.6) is 11.5 Å². The second kappa shape index (κ2) is 9.14. The van der Waals surface area contributed by atoms with Gasteiger partial charge in [-0.3, -0.25) is 4.79 Å². The molecule has 0 radical (unpaired) electrons. The predicted molar refractivity (Wildman–Crippen MR) is 114 cm³/mol. The van der Waals surface area contributed by atoms with E-state index in [0.29, 0.717) is 41.4 Å². The minimum atomic E-state index is -0.578. The Kier molecular flexibility index (Phi) is 6.32. The zero-order chi connectivity index (χ0) is 22.0. The molecule has 166 valence electrons. The molecule has 31 heavy (non-hydrogen) atoms. The van der Waals surface area contributed by atoms with Crippen LogP contribution in [-0.4, -0.2) is 45.3 Å². The fourth-order valence-electron chi connectivity index (χ4n) is 4.73. The molecule has 1 N–H and O–H groups in total. The van der Waals surface area contributed by atoms with E-state index in [0.717, 1.165) is 36.9 Å². The third-order valence-electron chi connectivity index (χ3n) is 6.16. The van der Waals surface area contributed by atoms with E-state index >= 15 is 0 Å². The number of carbonyl (C=O) groups excluding carboxylic acids is 2. The van der Waals surface area contributed by atoms with E-state index in [1.54, 1.807) is 20.3 Å². The summed E-state index contributed by atoms with van der Waals surface area (Å²) in [6.07, 6.45) is 3.79. The highest BCUT2D eigenvalue weighted by Crippen LogP contribution is 2.47. The number of nitrogens with one attached hydrogen (secondary N) is 1. The summed E-state index contributed by atoms with van der Waals surface area (Å²) in [5.41, 5.74) is 3.33. The number of hydrogen-bond donors (Lipinski definition) is 1. The third-order valence-corrected chi connectivity index (χ3v) is 6.16. The number of hydrogen-bond acceptors (Lipinski definition) is 7. The van der Waals surface area contributed by atoms with E-state index in [2.05, 4.69) is 5.32 Å². The molecule has 1 fully saturated rings. The van der Waals surface area contributed by atoms with Gasteiger partial charge in [0.2, 0.25) is 0 Å². The van der Waals surface area contributed by atoms with Crippen LogP contribution < -0.4 is 14.8 Å². The van der Waals surface area contributed by atoms with Gasteiger partial charge in [-0.2, -0.15) is 0 Å². The van der Waals surface area contributed by atoms with Gasteiger partial charge in [0.25, 0.3) is 0 Å². The molecule has 2 aliphatic heterocycles. The number of dihydropyridines is 1. The molecule has 0 amide bonds. The fourth-order valence-corrected chi connectivity index (χ4v) is 4.73. The van der Waals surface area contributed by atoms with E-state index in [-0.39, 0.29) is 18.5 Å². The summed E-state index contributed by atoms with van der Waals surface area (Å²) < 4.78 is 22.4. The Morgan fingerprint density at radius 2 is 2.03 bits per heavy atom. The molecular weight excluding hydrogens is 398 g/mol. The van der Waals surface area contributed by atoms with Crippen molar-refractivity contribution in [2.75, 3.05) is 27.4 Å². The summed E-state index contributed by atoms with van der Waals surface area (Å²) in [6.45, 7) is 2.75. The number of ether oxygens (including phenoxy) is 4. The molecule has 4 rings (SSSR count). The second-order valence-corrected chi connectivity index (χ2v) is 8.08. The van der Waals surface area contributed by atoms with Crippen molar-refractivity contribution in [3.05, 3.63) is 46.3 Å². The van der Waals surface area contributed by atoms with Crippen LogP contribution in [0.1, 0.15) is 50.5 Å². The van der Waals surface area contributed by atoms with Gasteiger partial charge >= 0.3 is 5.97 Å². The van der Waals surface area contributed by atoms with Gasteiger partial charge in [-0.15, -0.1) is 0 Å². The SMILES string of the molecule is COc1cccc([C@H]2C(C(=O)OC[C@@H]3CCCO3)=C(C)NC3=C2C(=O)CCC3)c1OC. The molecule has 2 atom stereocenters. The number of ketones is 1. The average molecular weight is 427 g/mol. The Labute approximate surface area is 182 Å². The van der Waals surface area contributed by atoms with Crippen molar-refractivity contribution in [1.29, 1.82) is 0 Å². The van der Waals surface area contributed by atoms with Crippen LogP contribution >= 0.6 is 0 Å². The Bertz CT molecular complexity index is 941. The van der Waals surface area contributed by atoms with E-state index in [1.807, 2.05) is 19.1 Å². The highest BCUT2D eigenvalue weighted by molar-refractivity contribution is 6.04. The molecule has 0 bridgehead atoms. The lowest BCUT2D eigenvalue weighted by Gasteiger charge is -2.35. The number of methoxy groups -OCH3 is 2. The average Bonchev–Trinajstić information content (AvgIpc) is 3.29. The highest BCUT2D eigenvalue weighted by atomic mass is 16.6. The van der Waals surface area contributed by atoms with Crippen LogP contribution in [-0.2, 0) is 19.1 Å². The van der Waals surface area contributed by atoms with Crippen molar-refractivity contribution < 1.29 is 28.5 Å². The number of esters is 1. The van der Waals surface area contributed by atoms with Crippen LogP contribution in [0.4, 0.5) is 0 Å². The maximum Gasteiger partial charge on any atom is 0.336 e. The van der Waals surface area contributed by atoms with Gasteiger partial charge in [0, 0.05) is 35.6 Å². The molecule has 1 saturated heterocycles. The van der Waals surface area contributed by atoms with Crippen molar-refractivity contribution in [2.24, 2.45) is 0 Å². The summed E-state index contributed by atoms with van der Waals surface area (Å²) in [7, 11) is 3.13. The summed E-state index contributed by atoms with van der Waals surface area (Å²) in [5.74, 6) is 0.0833. The number of allylic oxidation sites excluding steroid dienone is 3.